The van der Waals surface area contributed by atoms with Gasteiger partial charge in [0.25, 0.3) is 5.91 Å². The number of aromatic nitrogens is 1. The largest absolute Gasteiger partial charge is 0.436 e. The first-order chi connectivity index (χ1) is 13.3. The predicted molar refractivity (Wildman–Crippen MR) is 107 cm³/mol. The monoisotopic (exact) mass is 381 g/mol. The fourth-order valence-electron chi connectivity index (χ4n) is 3.02. The van der Waals surface area contributed by atoms with Crippen molar-refractivity contribution in [1.82, 2.24) is 9.88 Å². The maximum Gasteiger partial charge on any atom is 0.254 e. The zero-order valence-corrected chi connectivity index (χ0v) is 16.3. The average molecular weight is 381 g/mol. The quantitative estimate of drug-likeness (QED) is 0.694. The Morgan fingerprint density at radius 1 is 1.14 bits per heavy atom. The van der Waals surface area contributed by atoms with E-state index < -0.39 is 5.82 Å². The summed E-state index contributed by atoms with van der Waals surface area (Å²) in [5.41, 5.74) is 6.96. The third kappa shape index (κ3) is 4.12. The lowest BCUT2D eigenvalue weighted by Crippen LogP contribution is -2.39. The number of benzene rings is 2. The zero-order chi connectivity index (χ0) is 20.3. The zero-order valence-electron chi connectivity index (χ0n) is 16.3. The first-order valence-corrected chi connectivity index (χ1v) is 9.08. The van der Waals surface area contributed by atoms with E-state index in [2.05, 4.69) is 4.98 Å². The van der Waals surface area contributed by atoms with Crippen LogP contribution in [0.1, 0.15) is 24.2 Å². The highest BCUT2D eigenvalue weighted by Gasteiger charge is 2.24. The Balaban J connectivity index is 1.93. The normalized spacial score (nSPS) is 11.5. The van der Waals surface area contributed by atoms with Gasteiger partial charge in [-0.2, -0.15) is 0 Å². The van der Waals surface area contributed by atoms with Crippen LogP contribution >= 0.6 is 0 Å². The van der Waals surface area contributed by atoms with Crippen molar-refractivity contribution in [1.29, 1.82) is 0 Å². The molecule has 0 spiro atoms. The SMILES string of the molecule is CN(CC(C)(C)CN)C(=O)c1ccccc1-c1ncc(-c2ccccc2F)o1. The molecule has 0 aliphatic carbocycles. The van der Waals surface area contributed by atoms with E-state index in [1.165, 1.54) is 12.3 Å². The van der Waals surface area contributed by atoms with Crippen LogP contribution in [0, 0.1) is 11.2 Å². The Morgan fingerprint density at radius 3 is 2.46 bits per heavy atom. The van der Waals surface area contributed by atoms with Crippen molar-refractivity contribution in [3.8, 4) is 22.8 Å². The van der Waals surface area contributed by atoms with Crippen molar-refractivity contribution >= 4 is 5.91 Å². The van der Waals surface area contributed by atoms with Gasteiger partial charge in [0.05, 0.1) is 17.3 Å². The molecule has 0 radical (unpaired) electrons. The Hall–Kier alpha value is -2.99. The van der Waals surface area contributed by atoms with Crippen LogP contribution in [0.3, 0.4) is 0 Å². The van der Waals surface area contributed by atoms with E-state index in [4.69, 9.17) is 10.2 Å². The molecule has 0 aliphatic rings. The van der Waals surface area contributed by atoms with E-state index in [1.807, 2.05) is 19.9 Å². The number of carbonyl (C=O) groups excluding carboxylic acids is 1. The molecule has 0 aliphatic heterocycles. The first kappa shape index (κ1) is 19.8. The van der Waals surface area contributed by atoms with Gasteiger partial charge in [-0.3, -0.25) is 4.79 Å². The van der Waals surface area contributed by atoms with Gasteiger partial charge in [0.2, 0.25) is 5.89 Å². The molecule has 0 atom stereocenters. The maximum absolute atomic E-state index is 14.0. The van der Waals surface area contributed by atoms with Crippen LogP contribution in [-0.2, 0) is 0 Å². The van der Waals surface area contributed by atoms with Crippen molar-refractivity contribution in [3.05, 3.63) is 66.1 Å². The summed E-state index contributed by atoms with van der Waals surface area (Å²) in [4.78, 5) is 18.9. The highest BCUT2D eigenvalue weighted by molar-refractivity contribution is 5.99. The number of nitrogens with zero attached hydrogens (tertiary/aromatic N) is 2. The minimum atomic E-state index is -0.390. The summed E-state index contributed by atoms with van der Waals surface area (Å²) in [6.07, 6.45) is 1.47. The Labute approximate surface area is 164 Å². The molecule has 146 valence electrons. The van der Waals surface area contributed by atoms with Gasteiger partial charge in [0, 0.05) is 19.2 Å². The molecule has 0 unspecified atom stereocenters. The number of nitrogens with two attached hydrogens (primary N) is 1. The highest BCUT2D eigenvalue weighted by atomic mass is 19.1. The topological polar surface area (TPSA) is 72.4 Å². The number of hydrogen-bond acceptors (Lipinski definition) is 4. The van der Waals surface area contributed by atoms with E-state index in [0.717, 1.165) is 0 Å². The van der Waals surface area contributed by atoms with Gasteiger partial charge in [-0.1, -0.05) is 38.1 Å². The molecule has 2 N–H and O–H groups in total. The third-order valence-corrected chi connectivity index (χ3v) is 4.60. The molecule has 0 saturated heterocycles. The smallest absolute Gasteiger partial charge is 0.254 e. The van der Waals surface area contributed by atoms with Crippen molar-refractivity contribution in [2.75, 3.05) is 20.1 Å². The number of oxazole rings is 1. The second-order valence-electron chi connectivity index (χ2n) is 7.58. The van der Waals surface area contributed by atoms with Crippen LogP contribution in [0.15, 0.2) is 59.1 Å². The summed E-state index contributed by atoms with van der Waals surface area (Å²) in [5.74, 6) is 0.0442. The van der Waals surface area contributed by atoms with Crippen molar-refractivity contribution in [2.45, 2.75) is 13.8 Å². The molecule has 28 heavy (non-hydrogen) atoms. The second-order valence-corrected chi connectivity index (χ2v) is 7.58. The summed E-state index contributed by atoms with van der Waals surface area (Å²) in [6, 6.07) is 13.4. The van der Waals surface area contributed by atoms with Crippen LogP contribution < -0.4 is 5.73 Å². The minimum absolute atomic E-state index is 0.150. The molecule has 3 rings (SSSR count). The predicted octanol–water partition coefficient (Wildman–Crippen LogP) is 4.20. The molecule has 1 amide bonds. The molecule has 1 aromatic heterocycles. The number of rotatable bonds is 6. The number of halogens is 1. The molecule has 6 heteroatoms. The van der Waals surface area contributed by atoms with Gasteiger partial charge in [-0.25, -0.2) is 9.37 Å². The summed E-state index contributed by atoms with van der Waals surface area (Å²) >= 11 is 0. The Morgan fingerprint density at radius 2 is 1.79 bits per heavy atom. The molecule has 1 heterocycles. The molecule has 2 aromatic carbocycles. The molecular formula is C22H24FN3O2. The summed E-state index contributed by atoms with van der Waals surface area (Å²) < 4.78 is 19.8. The van der Waals surface area contributed by atoms with Gasteiger partial charge >= 0.3 is 0 Å². The third-order valence-electron chi connectivity index (χ3n) is 4.60. The summed E-state index contributed by atoms with van der Waals surface area (Å²) in [7, 11) is 1.75. The van der Waals surface area contributed by atoms with Crippen molar-refractivity contribution in [2.24, 2.45) is 11.1 Å². The number of hydrogen-bond donors (Lipinski definition) is 1. The van der Waals surface area contributed by atoms with Crippen molar-refractivity contribution in [3.63, 3.8) is 0 Å². The number of amides is 1. The van der Waals surface area contributed by atoms with Crippen LogP contribution in [0.25, 0.3) is 22.8 Å². The maximum atomic E-state index is 14.0. The van der Waals surface area contributed by atoms with Gasteiger partial charge in [-0.05, 0) is 36.2 Å². The fraction of sp³-hybridized carbons (Fsp3) is 0.273. The molecule has 3 aromatic rings. The molecule has 0 fully saturated rings. The fourth-order valence-corrected chi connectivity index (χ4v) is 3.02. The van der Waals surface area contributed by atoms with E-state index in [1.54, 1.807) is 48.3 Å². The average Bonchev–Trinajstić information content (AvgIpc) is 3.17. The van der Waals surface area contributed by atoms with E-state index >= 15 is 0 Å². The van der Waals surface area contributed by atoms with Gasteiger partial charge < -0.3 is 15.1 Å². The van der Waals surface area contributed by atoms with E-state index in [9.17, 15) is 9.18 Å². The van der Waals surface area contributed by atoms with Crippen LogP contribution in [0.5, 0.6) is 0 Å². The molecule has 0 bridgehead atoms. The molecular weight excluding hydrogens is 357 g/mol. The minimum Gasteiger partial charge on any atom is -0.436 e. The van der Waals surface area contributed by atoms with Gasteiger partial charge in [0.1, 0.15) is 5.82 Å². The first-order valence-electron chi connectivity index (χ1n) is 9.08. The Kier molecular flexibility index (Phi) is 5.61. The lowest BCUT2D eigenvalue weighted by atomic mass is 9.93. The second kappa shape index (κ2) is 7.94. The number of carbonyl (C=O) groups is 1. The molecule has 0 saturated carbocycles. The molecule has 5 nitrogen and oxygen atoms in total. The van der Waals surface area contributed by atoms with Crippen molar-refractivity contribution < 1.29 is 13.6 Å². The van der Waals surface area contributed by atoms with Gasteiger partial charge in [-0.15, -0.1) is 0 Å². The standard InChI is InChI=1S/C22H24FN3O2/c1-22(2,13-24)14-26(3)21(27)16-9-5-4-8-15(16)20-25-12-19(28-20)17-10-6-7-11-18(17)23/h4-12H,13-14,24H2,1-3H3. The lowest BCUT2D eigenvalue weighted by molar-refractivity contribution is 0.0741. The Bertz CT molecular complexity index is 981. The van der Waals surface area contributed by atoms with Crippen LogP contribution in [0.2, 0.25) is 0 Å². The van der Waals surface area contributed by atoms with E-state index in [0.29, 0.717) is 35.5 Å². The summed E-state index contributed by atoms with van der Waals surface area (Å²) in [6.45, 7) is 5.01. The van der Waals surface area contributed by atoms with E-state index in [-0.39, 0.29) is 17.2 Å². The van der Waals surface area contributed by atoms with Gasteiger partial charge in [0.15, 0.2) is 5.76 Å². The lowest BCUT2D eigenvalue weighted by Gasteiger charge is -2.29. The van der Waals surface area contributed by atoms with Crippen LogP contribution in [0.4, 0.5) is 4.39 Å². The summed E-state index contributed by atoms with van der Waals surface area (Å²) in [5, 5.41) is 0. The highest BCUT2D eigenvalue weighted by Crippen LogP contribution is 2.30. The van der Waals surface area contributed by atoms with Crippen LogP contribution in [-0.4, -0.2) is 35.9 Å².